The van der Waals surface area contributed by atoms with Crippen molar-refractivity contribution in [1.82, 2.24) is 24.4 Å². The van der Waals surface area contributed by atoms with Crippen molar-refractivity contribution >= 4 is 34.4 Å². The number of carbonyl (C=O) groups is 1. The number of ether oxygens (including phenoxy) is 1. The van der Waals surface area contributed by atoms with Crippen LogP contribution in [0.2, 0.25) is 5.02 Å². The quantitative estimate of drug-likeness (QED) is 0.305. The third-order valence-electron chi connectivity index (χ3n) is 8.02. The Morgan fingerprint density at radius 1 is 1.14 bits per heavy atom. The number of aryl methyl sites for hydroxylation is 1. The summed E-state index contributed by atoms with van der Waals surface area (Å²) in [6, 6.07) is 9.65. The zero-order valence-electron chi connectivity index (χ0n) is 24.1. The summed E-state index contributed by atoms with van der Waals surface area (Å²) in [5.74, 6) is -0.0688. The highest BCUT2D eigenvalue weighted by Crippen LogP contribution is 2.36. The van der Waals surface area contributed by atoms with Crippen LogP contribution in [0.25, 0.3) is 28.0 Å². The fourth-order valence-electron chi connectivity index (χ4n) is 5.75. The number of pyridine rings is 2. The molecule has 0 spiro atoms. The standard InChI is InChI=1S/C31H32ClFN6O3/c1-16(2)24-26(17(3)10-11-34-24)39-29-21(14-22(32)25(35-29)20-8-6-7-9-23(20)33)28(36-31(39)41)38-13-12-37(15-18(38)4)30(40)27-19(5)42-27/h6-11,14,16,18-19,27H,12-13,15H2,1-5H3/t18?,19-,27+/m0/s1. The summed E-state index contributed by atoms with van der Waals surface area (Å²) in [5.41, 5.74) is 2.36. The average molecular weight is 591 g/mol. The van der Waals surface area contributed by atoms with Gasteiger partial charge in [0.25, 0.3) is 5.91 Å². The van der Waals surface area contributed by atoms with Gasteiger partial charge in [0.2, 0.25) is 0 Å². The number of amides is 1. The molecule has 0 N–H and O–H groups in total. The van der Waals surface area contributed by atoms with E-state index < -0.39 is 11.5 Å². The van der Waals surface area contributed by atoms with Crippen molar-refractivity contribution in [3.05, 3.63) is 75.2 Å². The Bertz CT molecular complexity index is 1780. The molecule has 2 saturated heterocycles. The molecular weight excluding hydrogens is 559 g/mol. The van der Waals surface area contributed by atoms with Crippen molar-refractivity contribution < 1.29 is 13.9 Å². The van der Waals surface area contributed by atoms with Crippen LogP contribution in [-0.4, -0.2) is 68.2 Å². The van der Waals surface area contributed by atoms with Crippen molar-refractivity contribution in [3.8, 4) is 16.9 Å². The number of epoxide rings is 1. The summed E-state index contributed by atoms with van der Waals surface area (Å²) >= 11 is 6.79. The lowest BCUT2D eigenvalue weighted by atomic mass is 10.0. The largest absolute Gasteiger partial charge is 0.359 e. The summed E-state index contributed by atoms with van der Waals surface area (Å²) in [4.78, 5) is 44.7. The topological polar surface area (TPSA) is 96.8 Å². The number of hydrogen-bond donors (Lipinski definition) is 0. The molecule has 3 aromatic heterocycles. The smallest absolute Gasteiger partial charge is 0.355 e. The molecule has 0 aliphatic carbocycles. The molecule has 2 aliphatic heterocycles. The number of rotatable bonds is 5. The lowest BCUT2D eigenvalue weighted by molar-refractivity contribution is -0.133. The van der Waals surface area contributed by atoms with Crippen molar-refractivity contribution in [1.29, 1.82) is 0 Å². The van der Waals surface area contributed by atoms with Gasteiger partial charge in [-0.05, 0) is 56.5 Å². The van der Waals surface area contributed by atoms with E-state index in [1.54, 1.807) is 35.4 Å². The Kier molecular flexibility index (Phi) is 7.22. The van der Waals surface area contributed by atoms with E-state index in [2.05, 4.69) is 9.97 Å². The Hall–Kier alpha value is -3.89. The number of hydrogen-bond acceptors (Lipinski definition) is 7. The molecule has 0 saturated carbocycles. The summed E-state index contributed by atoms with van der Waals surface area (Å²) in [5, 5.41) is 0.776. The maximum atomic E-state index is 15.0. The maximum Gasteiger partial charge on any atom is 0.355 e. The third-order valence-corrected chi connectivity index (χ3v) is 8.31. The van der Waals surface area contributed by atoms with Crippen molar-refractivity contribution in [2.75, 3.05) is 24.5 Å². The number of aromatic nitrogens is 4. The molecule has 5 heterocycles. The van der Waals surface area contributed by atoms with E-state index in [9.17, 15) is 14.0 Å². The van der Waals surface area contributed by atoms with Gasteiger partial charge in [0.15, 0.2) is 11.8 Å². The molecular formula is C31H32ClFN6O3. The van der Waals surface area contributed by atoms with E-state index in [0.29, 0.717) is 47.9 Å². The predicted molar refractivity (Wildman–Crippen MR) is 160 cm³/mol. The fraction of sp³-hybridized carbons (Fsp3) is 0.387. The molecule has 3 atom stereocenters. The van der Waals surface area contributed by atoms with E-state index in [-0.39, 0.29) is 46.4 Å². The molecule has 218 valence electrons. The Balaban J connectivity index is 1.56. The first-order valence-corrected chi connectivity index (χ1v) is 14.5. The van der Waals surface area contributed by atoms with Gasteiger partial charge in [0.05, 0.1) is 33.6 Å². The van der Waals surface area contributed by atoms with Gasteiger partial charge >= 0.3 is 5.69 Å². The van der Waals surface area contributed by atoms with Crippen molar-refractivity contribution in [2.45, 2.75) is 58.8 Å². The maximum absolute atomic E-state index is 15.0. The van der Waals surface area contributed by atoms with E-state index >= 15 is 0 Å². The molecule has 9 nitrogen and oxygen atoms in total. The number of benzene rings is 1. The minimum atomic E-state index is -0.532. The minimum absolute atomic E-state index is 0.00340. The second-order valence-corrected chi connectivity index (χ2v) is 11.7. The Morgan fingerprint density at radius 3 is 2.55 bits per heavy atom. The first-order valence-electron chi connectivity index (χ1n) is 14.1. The highest BCUT2D eigenvalue weighted by Gasteiger charge is 2.45. The lowest BCUT2D eigenvalue weighted by Gasteiger charge is -2.40. The van der Waals surface area contributed by atoms with E-state index in [1.165, 1.54) is 10.6 Å². The van der Waals surface area contributed by atoms with Crippen LogP contribution in [0.1, 0.15) is 44.9 Å². The minimum Gasteiger partial charge on any atom is -0.359 e. The first kappa shape index (κ1) is 28.2. The second-order valence-electron chi connectivity index (χ2n) is 11.3. The Labute approximate surface area is 247 Å². The van der Waals surface area contributed by atoms with Gasteiger partial charge in [-0.3, -0.25) is 9.78 Å². The highest BCUT2D eigenvalue weighted by molar-refractivity contribution is 6.33. The number of nitrogens with zero attached hydrogens (tertiary/aromatic N) is 6. The summed E-state index contributed by atoms with van der Waals surface area (Å²) < 4.78 is 21.8. The third kappa shape index (κ3) is 4.82. The lowest BCUT2D eigenvalue weighted by Crippen LogP contribution is -2.55. The molecule has 6 rings (SSSR count). The van der Waals surface area contributed by atoms with Crippen LogP contribution in [0.15, 0.2) is 47.4 Å². The van der Waals surface area contributed by atoms with Crippen molar-refractivity contribution in [3.63, 3.8) is 0 Å². The van der Waals surface area contributed by atoms with Gasteiger partial charge in [-0.1, -0.05) is 37.6 Å². The molecule has 1 aromatic carbocycles. The molecule has 11 heteroatoms. The predicted octanol–water partition coefficient (Wildman–Crippen LogP) is 4.89. The fourth-order valence-corrected chi connectivity index (χ4v) is 6.00. The summed E-state index contributed by atoms with van der Waals surface area (Å²) in [7, 11) is 0. The molecule has 42 heavy (non-hydrogen) atoms. The van der Waals surface area contributed by atoms with Crippen LogP contribution in [0, 0.1) is 12.7 Å². The van der Waals surface area contributed by atoms with Gasteiger partial charge in [-0.15, -0.1) is 0 Å². The Morgan fingerprint density at radius 2 is 1.88 bits per heavy atom. The summed E-state index contributed by atoms with van der Waals surface area (Å²) in [6.45, 7) is 11.1. The number of anilines is 1. The average Bonchev–Trinajstić information content (AvgIpc) is 3.69. The second kappa shape index (κ2) is 10.7. The van der Waals surface area contributed by atoms with Gasteiger partial charge in [0, 0.05) is 37.4 Å². The van der Waals surface area contributed by atoms with E-state index in [0.717, 1.165) is 5.56 Å². The normalized spacial score (nSPS) is 20.4. The SMILES string of the molecule is Cc1ccnc(C(C)C)c1-n1c(=O)nc(N2CCN(C(=O)[C@@H]3O[C@H]3C)CC2C)c2cc(Cl)c(-c3ccccc3F)nc21. The van der Waals surface area contributed by atoms with Crippen LogP contribution in [0.5, 0.6) is 0 Å². The summed E-state index contributed by atoms with van der Waals surface area (Å²) in [6.07, 6.45) is 1.27. The van der Waals surface area contributed by atoms with Crippen LogP contribution in [0.3, 0.4) is 0 Å². The van der Waals surface area contributed by atoms with Gasteiger partial charge in [0.1, 0.15) is 11.6 Å². The number of carbonyl (C=O) groups excluding carboxylic acids is 1. The van der Waals surface area contributed by atoms with Gasteiger partial charge in [-0.2, -0.15) is 4.98 Å². The number of fused-ring (bicyclic) bond motifs is 1. The highest BCUT2D eigenvalue weighted by atomic mass is 35.5. The molecule has 4 aromatic rings. The van der Waals surface area contributed by atoms with Crippen LogP contribution in [-0.2, 0) is 9.53 Å². The molecule has 2 fully saturated rings. The van der Waals surface area contributed by atoms with E-state index in [1.807, 2.05) is 45.6 Å². The zero-order chi connectivity index (χ0) is 29.9. The first-order chi connectivity index (χ1) is 20.1. The molecule has 2 aliphatic rings. The molecule has 0 bridgehead atoms. The zero-order valence-corrected chi connectivity index (χ0v) is 24.9. The van der Waals surface area contributed by atoms with Crippen molar-refractivity contribution in [2.24, 2.45) is 0 Å². The van der Waals surface area contributed by atoms with Crippen LogP contribution >= 0.6 is 11.6 Å². The van der Waals surface area contributed by atoms with E-state index in [4.69, 9.17) is 21.3 Å². The molecule has 1 amide bonds. The van der Waals surface area contributed by atoms with Crippen LogP contribution in [0.4, 0.5) is 10.2 Å². The number of piperazine rings is 1. The molecule has 1 unspecified atom stereocenters. The van der Waals surface area contributed by atoms with Crippen LogP contribution < -0.4 is 10.6 Å². The van der Waals surface area contributed by atoms with Gasteiger partial charge < -0.3 is 14.5 Å². The number of halogens is 2. The monoisotopic (exact) mass is 590 g/mol. The van der Waals surface area contributed by atoms with Gasteiger partial charge in [-0.25, -0.2) is 18.7 Å². The molecule has 0 radical (unpaired) electrons.